The molecule has 0 saturated heterocycles. The SMILES string of the molecule is Clc1cc2c(c(C(Br)C3CCCC3)c1)OCC2. The van der Waals surface area contributed by atoms with E-state index in [-0.39, 0.29) is 0 Å². The predicted molar refractivity (Wildman–Crippen MR) is 74.3 cm³/mol. The molecule has 1 nitrogen and oxygen atoms in total. The van der Waals surface area contributed by atoms with Crippen molar-refractivity contribution >= 4 is 27.5 Å². The highest BCUT2D eigenvalue weighted by Crippen LogP contribution is 2.47. The first kappa shape index (κ1) is 11.9. The summed E-state index contributed by atoms with van der Waals surface area (Å²) in [6.45, 7) is 0.799. The van der Waals surface area contributed by atoms with Gasteiger partial charge in [-0.25, -0.2) is 0 Å². The Morgan fingerprint density at radius 3 is 2.82 bits per heavy atom. The molecule has 3 rings (SSSR count). The number of ether oxygens (including phenoxy) is 1. The highest BCUT2D eigenvalue weighted by molar-refractivity contribution is 9.09. The van der Waals surface area contributed by atoms with Crippen LogP contribution in [0.25, 0.3) is 0 Å². The Morgan fingerprint density at radius 2 is 2.06 bits per heavy atom. The number of alkyl halides is 1. The van der Waals surface area contributed by atoms with E-state index in [9.17, 15) is 0 Å². The average Bonchev–Trinajstić information content (AvgIpc) is 2.97. The van der Waals surface area contributed by atoms with Gasteiger partial charge in [-0.1, -0.05) is 40.4 Å². The van der Waals surface area contributed by atoms with Crippen LogP contribution < -0.4 is 4.74 Å². The van der Waals surface area contributed by atoms with Crippen LogP contribution in [0.15, 0.2) is 12.1 Å². The Labute approximate surface area is 116 Å². The lowest BCUT2D eigenvalue weighted by Crippen LogP contribution is -2.04. The van der Waals surface area contributed by atoms with Gasteiger partial charge in [0.05, 0.1) is 6.61 Å². The van der Waals surface area contributed by atoms with Gasteiger partial charge in [0.25, 0.3) is 0 Å². The van der Waals surface area contributed by atoms with Gasteiger partial charge in [0.2, 0.25) is 0 Å². The fraction of sp³-hybridized carbons (Fsp3) is 0.571. The summed E-state index contributed by atoms with van der Waals surface area (Å²) in [6, 6.07) is 4.12. The van der Waals surface area contributed by atoms with Crippen LogP contribution in [0.5, 0.6) is 5.75 Å². The lowest BCUT2D eigenvalue weighted by Gasteiger charge is -2.20. The van der Waals surface area contributed by atoms with E-state index >= 15 is 0 Å². The van der Waals surface area contributed by atoms with Crippen molar-refractivity contribution in [2.24, 2.45) is 5.92 Å². The van der Waals surface area contributed by atoms with Crippen molar-refractivity contribution in [3.63, 3.8) is 0 Å². The van der Waals surface area contributed by atoms with Gasteiger partial charge in [0, 0.05) is 21.8 Å². The molecule has 3 heteroatoms. The smallest absolute Gasteiger partial charge is 0.127 e. The standard InChI is InChI=1S/C14H16BrClO/c15-13(9-3-1-2-4-9)12-8-11(16)7-10-5-6-17-14(10)12/h7-9,13H,1-6H2. The number of hydrogen-bond acceptors (Lipinski definition) is 1. The first-order chi connectivity index (χ1) is 8.25. The molecular formula is C14H16BrClO. The van der Waals surface area contributed by atoms with Crippen LogP contribution in [-0.2, 0) is 6.42 Å². The third-order valence-electron chi connectivity index (χ3n) is 3.89. The van der Waals surface area contributed by atoms with E-state index in [2.05, 4.69) is 22.0 Å². The molecule has 0 spiro atoms. The Kier molecular flexibility index (Phi) is 3.36. The van der Waals surface area contributed by atoms with Crippen molar-refractivity contribution < 1.29 is 4.74 Å². The van der Waals surface area contributed by atoms with E-state index < -0.39 is 0 Å². The Balaban J connectivity index is 1.96. The summed E-state index contributed by atoms with van der Waals surface area (Å²) in [7, 11) is 0. The Morgan fingerprint density at radius 1 is 1.29 bits per heavy atom. The first-order valence-electron chi connectivity index (χ1n) is 6.35. The molecular weight excluding hydrogens is 300 g/mol. The molecule has 1 aromatic carbocycles. The molecule has 0 radical (unpaired) electrons. The third-order valence-corrected chi connectivity index (χ3v) is 5.35. The summed E-state index contributed by atoms with van der Waals surface area (Å²) in [4.78, 5) is 0.399. The van der Waals surface area contributed by atoms with Crippen molar-refractivity contribution in [3.8, 4) is 5.75 Å². The van der Waals surface area contributed by atoms with Crippen LogP contribution in [0, 0.1) is 5.92 Å². The Hall–Kier alpha value is -0.210. The summed E-state index contributed by atoms with van der Waals surface area (Å²) >= 11 is 10.1. The molecule has 1 saturated carbocycles. The quantitative estimate of drug-likeness (QED) is 0.705. The molecule has 17 heavy (non-hydrogen) atoms. The summed E-state index contributed by atoms with van der Waals surface area (Å²) in [5, 5.41) is 0.840. The van der Waals surface area contributed by atoms with Crippen molar-refractivity contribution in [2.45, 2.75) is 36.9 Å². The summed E-state index contributed by atoms with van der Waals surface area (Å²) in [5.74, 6) is 1.82. The zero-order chi connectivity index (χ0) is 11.8. The molecule has 0 aromatic heterocycles. The topological polar surface area (TPSA) is 9.23 Å². The highest BCUT2D eigenvalue weighted by Gasteiger charge is 2.29. The maximum Gasteiger partial charge on any atom is 0.127 e. The second-order valence-corrected chi connectivity index (χ2v) is 6.45. The monoisotopic (exact) mass is 314 g/mol. The summed E-state index contributed by atoms with van der Waals surface area (Å²) in [5.41, 5.74) is 2.53. The molecule has 1 aliphatic heterocycles. The van der Waals surface area contributed by atoms with Crippen molar-refractivity contribution in [1.29, 1.82) is 0 Å². The van der Waals surface area contributed by atoms with Crippen molar-refractivity contribution in [3.05, 3.63) is 28.3 Å². The molecule has 1 aromatic rings. The lowest BCUT2D eigenvalue weighted by molar-refractivity contribution is 0.350. The van der Waals surface area contributed by atoms with E-state index in [4.69, 9.17) is 16.3 Å². The van der Waals surface area contributed by atoms with Gasteiger partial charge in [0.15, 0.2) is 0 Å². The molecule has 0 N–H and O–H groups in total. The van der Waals surface area contributed by atoms with E-state index in [0.29, 0.717) is 4.83 Å². The number of halogens is 2. The van der Waals surface area contributed by atoms with Gasteiger partial charge in [0.1, 0.15) is 5.75 Å². The summed E-state index contributed by atoms with van der Waals surface area (Å²) < 4.78 is 5.78. The van der Waals surface area contributed by atoms with Crippen LogP contribution in [0.2, 0.25) is 5.02 Å². The van der Waals surface area contributed by atoms with Crippen molar-refractivity contribution in [1.82, 2.24) is 0 Å². The molecule has 1 unspecified atom stereocenters. The molecule has 92 valence electrons. The van der Waals surface area contributed by atoms with Gasteiger partial charge in [-0.3, -0.25) is 0 Å². The molecule has 1 heterocycles. The number of hydrogen-bond donors (Lipinski definition) is 0. The van der Waals surface area contributed by atoms with Gasteiger partial charge in [-0.15, -0.1) is 0 Å². The normalized spacial score (nSPS) is 21.3. The second-order valence-electron chi connectivity index (χ2n) is 5.03. The maximum absolute atomic E-state index is 6.20. The maximum atomic E-state index is 6.20. The van der Waals surface area contributed by atoms with Gasteiger partial charge < -0.3 is 4.74 Å². The number of fused-ring (bicyclic) bond motifs is 1. The zero-order valence-electron chi connectivity index (χ0n) is 9.72. The molecule has 0 bridgehead atoms. The van der Waals surface area contributed by atoms with E-state index in [1.165, 1.54) is 36.8 Å². The molecule has 1 aliphatic carbocycles. The zero-order valence-corrected chi connectivity index (χ0v) is 12.1. The van der Waals surface area contributed by atoms with Gasteiger partial charge in [-0.2, -0.15) is 0 Å². The minimum Gasteiger partial charge on any atom is -0.493 e. The number of rotatable bonds is 2. The van der Waals surface area contributed by atoms with Gasteiger partial charge in [-0.05, 0) is 36.5 Å². The second kappa shape index (κ2) is 4.81. The summed E-state index contributed by atoms with van der Waals surface area (Å²) in [6.07, 6.45) is 6.34. The van der Waals surface area contributed by atoms with Crippen LogP contribution in [0.3, 0.4) is 0 Å². The molecule has 1 atom stereocenters. The first-order valence-corrected chi connectivity index (χ1v) is 7.64. The van der Waals surface area contributed by atoms with E-state index in [0.717, 1.165) is 29.7 Å². The largest absolute Gasteiger partial charge is 0.493 e. The lowest BCUT2D eigenvalue weighted by atomic mass is 9.95. The highest BCUT2D eigenvalue weighted by atomic mass is 79.9. The van der Waals surface area contributed by atoms with Crippen LogP contribution in [0.1, 0.15) is 41.6 Å². The molecule has 0 amide bonds. The number of benzene rings is 1. The third kappa shape index (κ3) is 2.22. The minimum absolute atomic E-state index is 0.399. The van der Waals surface area contributed by atoms with Gasteiger partial charge >= 0.3 is 0 Å². The minimum atomic E-state index is 0.399. The van der Waals surface area contributed by atoms with Crippen molar-refractivity contribution in [2.75, 3.05) is 6.61 Å². The molecule has 1 fully saturated rings. The fourth-order valence-corrected chi connectivity index (χ4v) is 4.12. The average molecular weight is 316 g/mol. The predicted octanol–water partition coefficient (Wildman–Crippen LogP) is 4.90. The van der Waals surface area contributed by atoms with E-state index in [1.54, 1.807) is 0 Å². The van der Waals surface area contributed by atoms with E-state index in [1.807, 2.05) is 6.07 Å². The van der Waals surface area contributed by atoms with Crippen LogP contribution >= 0.6 is 27.5 Å². The molecule has 2 aliphatic rings. The Bertz CT molecular complexity index is 426. The van der Waals surface area contributed by atoms with Crippen LogP contribution in [0.4, 0.5) is 0 Å². The fourth-order valence-electron chi connectivity index (χ4n) is 3.01. The van der Waals surface area contributed by atoms with Crippen LogP contribution in [-0.4, -0.2) is 6.61 Å².